The number of aromatic hydroxyl groups is 1. The summed E-state index contributed by atoms with van der Waals surface area (Å²) >= 11 is 0. The van der Waals surface area contributed by atoms with Crippen LogP contribution in [0, 0.1) is 0 Å². The highest BCUT2D eigenvalue weighted by molar-refractivity contribution is 5.95. The number of carbonyl (C=O) groups excluding carboxylic acids is 1. The van der Waals surface area contributed by atoms with Crippen molar-refractivity contribution in [2.45, 2.75) is 6.54 Å². The van der Waals surface area contributed by atoms with Crippen LogP contribution >= 0.6 is 0 Å². The number of hydrogen-bond donors (Lipinski definition) is 4. The van der Waals surface area contributed by atoms with Gasteiger partial charge in [0.15, 0.2) is 0 Å². The summed E-state index contributed by atoms with van der Waals surface area (Å²) in [4.78, 5) is 11.8. The molecule has 1 amide bonds. The van der Waals surface area contributed by atoms with Crippen LogP contribution in [-0.2, 0) is 6.54 Å². The van der Waals surface area contributed by atoms with E-state index in [1.54, 1.807) is 30.3 Å². The zero-order chi connectivity index (χ0) is 15.1. The molecule has 110 valence electrons. The zero-order valence-corrected chi connectivity index (χ0v) is 11.5. The molecule has 0 atom stereocenters. The van der Waals surface area contributed by atoms with E-state index in [1.807, 2.05) is 18.2 Å². The summed E-state index contributed by atoms with van der Waals surface area (Å²) in [5.74, 6) is 0.0112. The van der Waals surface area contributed by atoms with Gasteiger partial charge in [0, 0.05) is 29.9 Å². The predicted octanol–water partition coefficient (Wildman–Crippen LogP) is 1.73. The Labute approximate surface area is 123 Å². The van der Waals surface area contributed by atoms with Crippen molar-refractivity contribution in [1.29, 1.82) is 0 Å². The Balaban J connectivity index is 2.01. The summed E-state index contributed by atoms with van der Waals surface area (Å²) < 4.78 is 0. The van der Waals surface area contributed by atoms with E-state index in [1.165, 1.54) is 0 Å². The standard InChI is InChI=1S/C16H18N2O3/c19-9-8-17-16(21)12-5-3-6-14(10-12)18-11-13-4-1-2-7-15(13)20/h1-7,10,18-20H,8-9,11H2,(H,17,21). The average molecular weight is 286 g/mol. The van der Waals surface area contributed by atoms with Crippen molar-refractivity contribution in [3.8, 4) is 5.75 Å². The van der Waals surface area contributed by atoms with Gasteiger partial charge in [-0.15, -0.1) is 0 Å². The Kier molecular flexibility index (Phi) is 5.17. The highest BCUT2D eigenvalue weighted by atomic mass is 16.3. The van der Waals surface area contributed by atoms with Crippen LogP contribution in [0.15, 0.2) is 48.5 Å². The van der Waals surface area contributed by atoms with Crippen LogP contribution < -0.4 is 10.6 Å². The Morgan fingerprint density at radius 3 is 2.67 bits per heavy atom. The van der Waals surface area contributed by atoms with E-state index in [9.17, 15) is 9.90 Å². The van der Waals surface area contributed by atoms with E-state index in [2.05, 4.69) is 10.6 Å². The number of phenols is 1. The van der Waals surface area contributed by atoms with Crippen LogP contribution in [-0.4, -0.2) is 29.3 Å². The van der Waals surface area contributed by atoms with Gasteiger partial charge in [-0.1, -0.05) is 24.3 Å². The molecule has 5 nitrogen and oxygen atoms in total. The normalized spacial score (nSPS) is 10.1. The number of aliphatic hydroxyl groups is 1. The van der Waals surface area contributed by atoms with E-state index >= 15 is 0 Å². The van der Waals surface area contributed by atoms with Gasteiger partial charge in [-0.3, -0.25) is 4.79 Å². The summed E-state index contributed by atoms with van der Waals surface area (Å²) in [5, 5.41) is 24.2. The second-order valence-corrected chi connectivity index (χ2v) is 4.54. The van der Waals surface area contributed by atoms with Gasteiger partial charge >= 0.3 is 0 Å². The van der Waals surface area contributed by atoms with Crippen LogP contribution in [0.1, 0.15) is 15.9 Å². The molecule has 0 aliphatic carbocycles. The molecule has 0 bridgehead atoms. The number of benzene rings is 2. The largest absolute Gasteiger partial charge is 0.508 e. The van der Waals surface area contributed by atoms with Gasteiger partial charge in [-0.05, 0) is 24.3 Å². The minimum Gasteiger partial charge on any atom is -0.508 e. The molecule has 0 fully saturated rings. The number of anilines is 1. The second-order valence-electron chi connectivity index (χ2n) is 4.54. The fraction of sp³-hybridized carbons (Fsp3) is 0.188. The molecule has 0 heterocycles. The highest BCUT2D eigenvalue weighted by Gasteiger charge is 2.05. The molecule has 0 unspecified atom stereocenters. The molecule has 0 spiro atoms. The van der Waals surface area contributed by atoms with Crippen molar-refractivity contribution in [2.75, 3.05) is 18.5 Å². The molecule has 0 aliphatic heterocycles. The maximum Gasteiger partial charge on any atom is 0.251 e. The third kappa shape index (κ3) is 4.22. The zero-order valence-electron chi connectivity index (χ0n) is 11.5. The lowest BCUT2D eigenvalue weighted by Gasteiger charge is -2.09. The average Bonchev–Trinajstić information content (AvgIpc) is 2.52. The fourth-order valence-corrected chi connectivity index (χ4v) is 1.90. The molecule has 2 rings (SSSR count). The molecule has 0 saturated carbocycles. The quantitative estimate of drug-likeness (QED) is 0.652. The topological polar surface area (TPSA) is 81.6 Å². The molecular formula is C16H18N2O3. The highest BCUT2D eigenvalue weighted by Crippen LogP contribution is 2.18. The van der Waals surface area contributed by atoms with Gasteiger partial charge in [-0.2, -0.15) is 0 Å². The Morgan fingerprint density at radius 2 is 1.90 bits per heavy atom. The Bertz CT molecular complexity index is 614. The van der Waals surface area contributed by atoms with Crippen LogP contribution in [0.25, 0.3) is 0 Å². The first-order valence-electron chi connectivity index (χ1n) is 6.70. The molecule has 0 radical (unpaired) electrons. The smallest absolute Gasteiger partial charge is 0.251 e. The molecular weight excluding hydrogens is 268 g/mol. The molecule has 2 aromatic rings. The van der Waals surface area contributed by atoms with E-state index in [0.29, 0.717) is 12.1 Å². The van der Waals surface area contributed by atoms with Crippen LogP contribution in [0.2, 0.25) is 0 Å². The molecule has 4 N–H and O–H groups in total. The van der Waals surface area contributed by atoms with Gasteiger partial charge in [0.1, 0.15) is 5.75 Å². The number of carbonyl (C=O) groups is 1. The molecule has 0 aromatic heterocycles. The lowest BCUT2D eigenvalue weighted by Crippen LogP contribution is -2.26. The number of hydrogen-bond acceptors (Lipinski definition) is 4. The first kappa shape index (κ1) is 14.9. The molecule has 0 saturated heterocycles. The number of aliphatic hydroxyl groups excluding tert-OH is 1. The van der Waals surface area contributed by atoms with E-state index in [4.69, 9.17) is 5.11 Å². The maximum absolute atomic E-state index is 11.8. The first-order valence-corrected chi connectivity index (χ1v) is 6.70. The van der Waals surface area contributed by atoms with Crippen LogP contribution in [0.3, 0.4) is 0 Å². The van der Waals surface area contributed by atoms with Crippen molar-refractivity contribution < 1.29 is 15.0 Å². The number of rotatable bonds is 6. The SMILES string of the molecule is O=C(NCCO)c1cccc(NCc2ccccc2O)c1. The summed E-state index contributed by atoms with van der Waals surface area (Å²) in [5.41, 5.74) is 2.09. The maximum atomic E-state index is 11.8. The van der Waals surface area contributed by atoms with Crippen molar-refractivity contribution >= 4 is 11.6 Å². The predicted molar refractivity (Wildman–Crippen MR) is 81.3 cm³/mol. The van der Waals surface area contributed by atoms with Crippen molar-refractivity contribution in [2.24, 2.45) is 0 Å². The van der Waals surface area contributed by atoms with Crippen molar-refractivity contribution in [3.05, 3.63) is 59.7 Å². The molecule has 2 aromatic carbocycles. The van der Waals surface area contributed by atoms with E-state index in [0.717, 1.165) is 11.3 Å². The molecule has 5 heteroatoms. The number of nitrogens with one attached hydrogen (secondary N) is 2. The number of amides is 1. The number of phenolic OH excluding ortho intramolecular Hbond substituents is 1. The third-order valence-electron chi connectivity index (χ3n) is 3.00. The monoisotopic (exact) mass is 286 g/mol. The minimum atomic E-state index is -0.227. The number of para-hydroxylation sites is 1. The van der Waals surface area contributed by atoms with Gasteiger partial charge in [-0.25, -0.2) is 0 Å². The Morgan fingerprint density at radius 1 is 1.10 bits per heavy atom. The van der Waals surface area contributed by atoms with Gasteiger partial charge < -0.3 is 20.8 Å². The van der Waals surface area contributed by atoms with Gasteiger partial charge in [0.05, 0.1) is 6.61 Å². The Hall–Kier alpha value is -2.53. The summed E-state index contributed by atoms with van der Waals surface area (Å²) in [6.45, 7) is 0.611. The van der Waals surface area contributed by atoms with E-state index < -0.39 is 0 Å². The van der Waals surface area contributed by atoms with Crippen LogP contribution in [0.5, 0.6) is 5.75 Å². The molecule has 21 heavy (non-hydrogen) atoms. The lowest BCUT2D eigenvalue weighted by molar-refractivity contribution is 0.0945. The van der Waals surface area contributed by atoms with E-state index in [-0.39, 0.29) is 24.8 Å². The van der Waals surface area contributed by atoms with Gasteiger partial charge in [0.25, 0.3) is 5.91 Å². The summed E-state index contributed by atoms with van der Waals surface area (Å²) in [6.07, 6.45) is 0. The van der Waals surface area contributed by atoms with Crippen molar-refractivity contribution in [3.63, 3.8) is 0 Å². The van der Waals surface area contributed by atoms with Gasteiger partial charge in [0.2, 0.25) is 0 Å². The molecule has 0 aliphatic rings. The van der Waals surface area contributed by atoms with Crippen LogP contribution in [0.4, 0.5) is 5.69 Å². The lowest BCUT2D eigenvalue weighted by atomic mass is 10.1. The first-order chi connectivity index (χ1) is 10.2. The fourth-order valence-electron chi connectivity index (χ4n) is 1.90. The minimum absolute atomic E-state index is 0.0863. The second kappa shape index (κ2) is 7.31. The summed E-state index contributed by atoms with van der Waals surface area (Å²) in [7, 11) is 0. The third-order valence-corrected chi connectivity index (χ3v) is 3.00. The summed E-state index contributed by atoms with van der Waals surface area (Å²) in [6, 6.07) is 14.2. The van der Waals surface area contributed by atoms with Crippen molar-refractivity contribution in [1.82, 2.24) is 5.32 Å².